The van der Waals surface area contributed by atoms with Crippen LogP contribution in [0.25, 0.3) is 0 Å². The Morgan fingerprint density at radius 2 is 1.90 bits per heavy atom. The second-order valence-electron chi connectivity index (χ2n) is 6.63. The van der Waals surface area contributed by atoms with E-state index in [0.717, 1.165) is 44.2 Å². The predicted molar refractivity (Wildman–Crippen MR) is 80.7 cm³/mol. The number of nitrogens with one attached hydrogen (secondary N) is 1. The lowest BCUT2D eigenvalue weighted by Gasteiger charge is -2.23. The molecule has 1 atom stereocenters. The molecule has 0 aliphatic heterocycles. The Kier molecular flexibility index (Phi) is 4.76. The molecular weight excluding hydrogens is 299 g/mol. The van der Waals surface area contributed by atoms with E-state index in [1.165, 1.54) is 6.07 Å². The number of benzene rings is 1. The summed E-state index contributed by atoms with van der Waals surface area (Å²) in [6.07, 6.45) is 0.895. The molecule has 118 valence electrons. The van der Waals surface area contributed by atoms with E-state index in [0.29, 0.717) is 16.1 Å². The summed E-state index contributed by atoms with van der Waals surface area (Å²) in [6.45, 7) is 4.49. The second kappa shape index (κ2) is 6.07. The largest absolute Gasteiger partial charge is 0.416 e. The van der Waals surface area contributed by atoms with Crippen molar-refractivity contribution < 1.29 is 13.2 Å². The number of hydrogen-bond acceptors (Lipinski definition) is 1. The minimum absolute atomic E-state index is 0.188. The number of anilines is 1. The molecule has 1 aromatic rings. The predicted octanol–water partition coefficient (Wildman–Crippen LogP) is 6.13. The Morgan fingerprint density at radius 3 is 2.57 bits per heavy atom. The maximum atomic E-state index is 12.8. The van der Waals surface area contributed by atoms with Gasteiger partial charge in [-0.1, -0.05) is 31.9 Å². The quantitative estimate of drug-likeness (QED) is 0.646. The summed E-state index contributed by atoms with van der Waals surface area (Å²) in [5.41, 5.74) is 0.0353. The van der Waals surface area contributed by atoms with Crippen LogP contribution in [-0.4, -0.2) is 6.04 Å². The first-order valence-corrected chi connectivity index (χ1v) is 7.68. The Labute approximate surface area is 128 Å². The van der Waals surface area contributed by atoms with Gasteiger partial charge in [-0.25, -0.2) is 0 Å². The van der Waals surface area contributed by atoms with Gasteiger partial charge in [0.1, 0.15) is 0 Å². The Bertz CT molecular complexity index is 497. The minimum Gasteiger partial charge on any atom is -0.381 e. The first kappa shape index (κ1) is 16.5. The van der Waals surface area contributed by atoms with Crippen LogP contribution in [0.5, 0.6) is 0 Å². The van der Waals surface area contributed by atoms with Gasteiger partial charge in [0.15, 0.2) is 0 Å². The molecule has 0 heterocycles. The van der Waals surface area contributed by atoms with Crippen molar-refractivity contribution in [1.29, 1.82) is 0 Å². The van der Waals surface area contributed by atoms with Crippen molar-refractivity contribution in [2.24, 2.45) is 5.41 Å². The van der Waals surface area contributed by atoms with Crippen LogP contribution < -0.4 is 5.32 Å². The van der Waals surface area contributed by atoms with E-state index in [-0.39, 0.29) is 6.04 Å². The summed E-state index contributed by atoms with van der Waals surface area (Å²) in [5, 5.41) is 3.55. The van der Waals surface area contributed by atoms with Gasteiger partial charge in [-0.05, 0) is 49.3 Å². The maximum absolute atomic E-state index is 12.8. The number of halogens is 4. The van der Waals surface area contributed by atoms with E-state index in [4.69, 9.17) is 11.6 Å². The molecule has 1 aliphatic carbocycles. The third-order valence-corrected chi connectivity index (χ3v) is 4.56. The van der Waals surface area contributed by atoms with E-state index in [2.05, 4.69) is 19.2 Å². The van der Waals surface area contributed by atoms with Crippen molar-refractivity contribution in [1.82, 2.24) is 0 Å². The smallest absolute Gasteiger partial charge is 0.381 e. The topological polar surface area (TPSA) is 12.0 Å². The summed E-state index contributed by atoms with van der Waals surface area (Å²) < 4.78 is 38.3. The fraction of sp³-hybridized carbons (Fsp3) is 0.625. The minimum atomic E-state index is -4.34. The second-order valence-corrected chi connectivity index (χ2v) is 7.04. The number of alkyl halides is 3. The molecule has 0 amide bonds. The molecule has 1 N–H and O–H groups in total. The monoisotopic (exact) mass is 319 g/mol. The highest BCUT2D eigenvalue weighted by Gasteiger charge is 2.31. The lowest BCUT2D eigenvalue weighted by Crippen LogP contribution is -2.20. The van der Waals surface area contributed by atoms with E-state index in [9.17, 15) is 13.2 Å². The maximum Gasteiger partial charge on any atom is 0.416 e. The fourth-order valence-corrected chi connectivity index (χ4v) is 3.01. The molecule has 1 aromatic carbocycles. The van der Waals surface area contributed by atoms with Gasteiger partial charge in [-0.15, -0.1) is 0 Å². The van der Waals surface area contributed by atoms with Crippen molar-refractivity contribution in [3.8, 4) is 0 Å². The fourth-order valence-electron chi connectivity index (χ4n) is 2.84. The average Bonchev–Trinajstić information content (AvgIpc) is 2.52. The van der Waals surface area contributed by atoms with Gasteiger partial charge in [0.25, 0.3) is 0 Å². The average molecular weight is 320 g/mol. The zero-order chi connectivity index (χ0) is 15.7. The zero-order valence-electron chi connectivity index (χ0n) is 12.4. The van der Waals surface area contributed by atoms with Gasteiger partial charge < -0.3 is 5.32 Å². The van der Waals surface area contributed by atoms with Gasteiger partial charge in [-0.3, -0.25) is 0 Å². The Morgan fingerprint density at radius 1 is 1.19 bits per heavy atom. The summed E-state index contributed by atoms with van der Waals surface area (Å²) >= 11 is 6.03. The van der Waals surface area contributed by atoms with Gasteiger partial charge >= 0.3 is 6.18 Å². The van der Waals surface area contributed by atoms with Crippen LogP contribution in [-0.2, 0) is 6.18 Å². The molecule has 0 aromatic heterocycles. The van der Waals surface area contributed by atoms with Gasteiger partial charge in [0.05, 0.1) is 16.3 Å². The molecule has 1 fully saturated rings. The highest BCUT2D eigenvalue weighted by Crippen LogP contribution is 2.37. The number of hydrogen-bond donors (Lipinski definition) is 1. The van der Waals surface area contributed by atoms with Crippen molar-refractivity contribution in [3.05, 3.63) is 28.8 Å². The molecular formula is C16H21ClF3N. The van der Waals surface area contributed by atoms with Gasteiger partial charge in [-0.2, -0.15) is 13.2 Å². The molecule has 1 nitrogen and oxygen atoms in total. The van der Waals surface area contributed by atoms with E-state index < -0.39 is 11.7 Å². The van der Waals surface area contributed by atoms with E-state index >= 15 is 0 Å². The normalized spacial score (nSPS) is 22.7. The van der Waals surface area contributed by atoms with Crippen LogP contribution in [0, 0.1) is 5.41 Å². The zero-order valence-corrected chi connectivity index (χ0v) is 13.1. The Balaban J connectivity index is 2.12. The van der Waals surface area contributed by atoms with Crippen LogP contribution in [0.3, 0.4) is 0 Å². The molecule has 0 spiro atoms. The van der Waals surface area contributed by atoms with Crippen LogP contribution in [0.1, 0.15) is 51.5 Å². The first-order valence-electron chi connectivity index (χ1n) is 7.31. The van der Waals surface area contributed by atoms with E-state index in [1.807, 2.05) is 0 Å². The molecule has 1 aliphatic rings. The summed E-state index contributed by atoms with van der Waals surface area (Å²) in [4.78, 5) is 0. The van der Waals surface area contributed by atoms with Crippen molar-refractivity contribution >= 4 is 17.3 Å². The molecule has 1 saturated carbocycles. The van der Waals surface area contributed by atoms with Gasteiger partial charge in [0.2, 0.25) is 0 Å². The molecule has 0 radical (unpaired) electrons. The van der Waals surface area contributed by atoms with Crippen LogP contribution in [0.2, 0.25) is 5.02 Å². The SMILES string of the molecule is CC1(C)CCCC(Nc2cc(C(F)(F)F)ccc2Cl)CC1. The third-order valence-electron chi connectivity index (χ3n) is 4.23. The first-order chi connectivity index (χ1) is 9.67. The summed E-state index contributed by atoms with van der Waals surface area (Å²) in [5.74, 6) is 0. The third kappa shape index (κ3) is 4.53. The summed E-state index contributed by atoms with van der Waals surface area (Å²) in [7, 11) is 0. The molecule has 0 saturated heterocycles. The standard InChI is InChI=1S/C16H21ClF3N/c1-15(2)8-3-4-12(7-9-15)21-14-10-11(16(18,19)20)5-6-13(14)17/h5-6,10,12,21H,3-4,7-9H2,1-2H3. The number of rotatable bonds is 2. The molecule has 2 rings (SSSR count). The Hall–Kier alpha value is -0.900. The highest BCUT2D eigenvalue weighted by molar-refractivity contribution is 6.33. The lowest BCUT2D eigenvalue weighted by molar-refractivity contribution is -0.137. The molecule has 5 heteroatoms. The van der Waals surface area contributed by atoms with Crippen molar-refractivity contribution in [3.63, 3.8) is 0 Å². The van der Waals surface area contributed by atoms with E-state index in [1.54, 1.807) is 0 Å². The molecule has 1 unspecified atom stereocenters. The van der Waals surface area contributed by atoms with Crippen LogP contribution in [0.4, 0.5) is 18.9 Å². The molecule has 0 bridgehead atoms. The van der Waals surface area contributed by atoms with Gasteiger partial charge in [0, 0.05) is 6.04 Å². The van der Waals surface area contributed by atoms with Crippen molar-refractivity contribution in [2.75, 3.05) is 5.32 Å². The summed E-state index contributed by atoms with van der Waals surface area (Å²) in [6, 6.07) is 3.63. The highest BCUT2D eigenvalue weighted by atomic mass is 35.5. The van der Waals surface area contributed by atoms with Crippen molar-refractivity contribution in [2.45, 2.75) is 58.2 Å². The van der Waals surface area contributed by atoms with Crippen LogP contribution >= 0.6 is 11.6 Å². The molecule has 21 heavy (non-hydrogen) atoms. The lowest BCUT2D eigenvalue weighted by atomic mass is 9.85. The van der Waals surface area contributed by atoms with Crippen LogP contribution in [0.15, 0.2) is 18.2 Å².